The van der Waals surface area contributed by atoms with Gasteiger partial charge in [0, 0.05) is 19.1 Å². The van der Waals surface area contributed by atoms with Crippen LogP contribution in [0.2, 0.25) is 0 Å². The number of nitrogens with two attached hydrogens (primary N) is 1. The number of hydrogen-bond acceptors (Lipinski definition) is 3. The highest BCUT2D eigenvalue weighted by Crippen LogP contribution is 2.32. The lowest BCUT2D eigenvalue weighted by Gasteiger charge is -2.28. The van der Waals surface area contributed by atoms with Crippen molar-refractivity contribution in [3.8, 4) is 5.75 Å². The Hall–Kier alpha value is -1.22. The average molecular weight is 220 g/mol. The third-order valence-corrected chi connectivity index (χ3v) is 3.46. The standard InChI is InChI=1S/C13H20N2O/c1-15(11-8-7-10(14)9-11)12-5-3-4-6-13(12)16-2/h3-6,10-11H,7-9,14H2,1-2H3. The fourth-order valence-electron chi connectivity index (χ4n) is 2.46. The molecule has 1 aliphatic rings. The molecule has 1 saturated carbocycles. The van der Waals surface area contributed by atoms with Gasteiger partial charge < -0.3 is 15.4 Å². The second kappa shape index (κ2) is 4.74. The zero-order valence-corrected chi connectivity index (χ0v) is 10.0. The van der Waals surface area contributed by atoms with Crippen LogP contribution in [0.4, 0.5) is 5.69 Å². The van der Waals surface area contributed by atoms with Crippen molar-refractivity contribution in [2.75, 3.05) is 19.1 Å². The maximum atomic E-state index is 5.95. The molecular weight excluding hydrogens is 200 g/mol. The first kappa shape index (κ1) is 11.3. The van der Waals surface area contributed by atoms with E-state index in [-0.39, 0.29) is 0 Å². The minimum absolute atomic E-state index is 0.363. The van der Waals surface area contributed by atoms with E-state index in [1.165, 1.54) is 6.42 Å². The van der Waals surface area contributed by atoms with Crippen LogP contribution in [-0.2, 0) is 0 Å². The molecule has 0 radical (unpaired) electrons. The molecule has 0 spiro atoms. The molecule has 2 unspecified atom stereocenters. The van der Waals surface area contributed by atoms with Gasteiger partial charge in [-0.15, -0.1) is 0 Å². The largest absolute Gasteiger partial charge is 0.495 e. The highest BCUT2D eigenvalue weighted by atomic mass is 16.5. The summed E-state index contributed by atoms with van der Waals surface area (Å²) in [7, 11) is 3.84. The number of hydrogen-bond donors (Lipinski definition) is 1. The number of ether oxygens (including phenoxy) is 1. The second-order valence-electron chi connectivity index (χ2n) is 4.51. The minimum Gasteiger partial charge on any atom is -0.495 e. The molecule has 1 aromatic carbocycles. The number of methoxy groups -OCH3 is 1. The molecule has 0 heterocycles. The summed E-state index contributed by atoms with van der Waals surface area (Å²) in [6.45, 7) is 0. The van der Waals surface area contributed by atoms with Gasteiger partial charge in [0.25, 0.3) is 0 Å². The van der Waals surface area contributed by atoms with Crippen LogP contribution >= 0.6 is 0 Å². The van der Waals surface area contributed by atoms with Gasteiger partial charge in [0.1, 0.15) is 5.75 Å². The molecule has 1 aliphatic carbocycles. The summed E-state index contributed by atoms with van der Waals surface area (Å²) in [6.07, 6.45) is 3.38. The van der Waals surface area contributed by atoms with E-state index in [0.29, 0.717) is 12.1 Å². The molecule has 2 rings (SSSR count). The molecule has 0 bridgehead atoms. The molecule has 88 valence electrons. The van der Waals surface area contributed by atoms with Crippen LogP contribution in [0.3, 0.4) is 0 Å². The number of para-hydroxylation sites is 2. The third-order valence-electron chi connectivity index (χ3n) is 3.46. The highest BCUT2D eigenvalue weighted by molar-refractivity contribution is 5.58. The van der Waals surface area contributed by atoms with Gasteiger partial charge in [-0.3, -0.25) is 0 Å². The molecule has 3 heteroatoms. The Bertz CT molecular complexity index is 354. The van der Waals surface area contributed by atoms with E-state index in [9.17, 15) is 0 Å². The predicted molar refractivity (Wildman–Crippen MR) is 67.0 cm³/mol. The molecular formula is C13H20N2O. The molecule has 16 heavy (non-hydrogen) atoms. The van der Waals surface area contributed by atoms with Crippen LogP contribution in [0.15, 0.2) is 24.3 Å². The van der Waals surface area contributed by atoms with E-state index < -0.39 is 0 Å². The Morgan fingerprint density at radius 1 is 1.31 bits per heavy atom. The van der Waals surface area contributed by atoms with Crippen molar-refractivity contribution < 1.29 is 4.74 Å². The van der Waals surface area contributed by atoms with Gasteiger partial charge in [-0.05, 0) is 31.4 Å². The van der Waals surface area contributed by atoms with Gasteiger partial charge >= 0.3 is 0 Å². The molecule has 2 N–H and O–H groups in total. The SMILES string of the molecule is COc1ccccc1N(C)C1CCC(N)C1. The predicted octanol–water partition coefficient (Wildman–Crippen LogP) is 2.01. The summed E-state index contributed by atoms with van der Waals surface area (Å²) < 4.78 is 5.38. The lowest BCUT2D eigenvalue weighted by Crippen LogP contribution is -2.31. The Kier molecular flexibility index (Phi) is 3.34. The van der Waals surface area contributed by atoms with E-state index in [4.69, 9.17) is 10.5 Å². The van der Waals surface area contributed by atoms with Gasteiger partial charge in [0.2, 0.25) is 0 Å². The van der Waals surface area contributed by atoms with Crippen LogP contribution in [0, 0.1) is 0 Å². The topological polar surface area (TPSA) is 38.5 Å². The number of nitrogens with zero attached hydrogens (tertiary/aromatic N) is 1. The number of anilines is 1. The maximum absolute atomic E-state index is 5.95. The summed E-state index contributed by atoms with van der Waals surface area (Å²) in [6, 6.07) is 9.05. The Labute approximate surface area is 97.2 Å². The molecule has 1 fully saturated rings. The summed E-state index contributed by atoms with van der Waals surface area (Å²) >= 11 is 0. The molecule has 2 atom stereocenters. The first-order valence-electron chi connectivity index (χ1n) is 5.84. The summed E-state index contributed by atoms with van der Waals surface area (Å²) in [5.74, 6) is 0.936. The summed E-state index contributed by atoms with van der Waals surface area (Å²) in [4.78, 5) is 2.30. The van der Waals surface area contributed by atoms with Crippen LogP contribution in [-0.4, -0.2) is 26.2 Å². The van der Waals surface area contributed by atoms with Crippen LogP contribution in [0.5, 0.6) is 5.75 Å². The molecule has 1 aromatic rings. The minimum atomic E-state index is 0.363. The third kappa shape index (κ3) is 2.14. The molecule has 0 aliphatic heterocycles. The van der Waals surface area contributed by atoms with E-state index in [2.05, 4.69) is 18.0 Å². The van der Waals surface area contributed by atoms with Crippen molar-refractivity contribution in [3.63, 3.8) is 0 Å². The van der Waals surface area contributed by atoms with E-state index in [1.54, 1.807) is 7.11 Å². The van der Waals surface area contributed by atoms with Crippen molar-refractivity contribution in [2.24, 2.45) is 5.73 Å². The van der Waals surface area contributed by atoms with E-state index in [1.807, 2.05) is 18.2 Å². The molecule has 3 nitrogen and oxygen atoms in total. The number of rotatable bonds is 3. The van der Waals surface area contributed by atoms with Gasteiger partial charge in [0.05, 0.1) is 12.8 Å². The first-order chi connectivity index (χ1) is 7.72. The van der Waals surface area contributed by atoms with Crippen molar-refractivity contribution in [1.29, 1.82) is 0 Å². The Balaban J connectivity index is 2.16. The first-order valence-corrected chi connectivity index (χ1v) is 5.84. The van der Waals surface area contributed by atoms with Gasteiger partial charge in [-0.1, -0.05) is 12.1 Å². The Morgan fingerprint density at radius 3 is 2.69 bits per heavy atom. The lowest BCUT2D eigenvalue weighted by atomic mass is 10.2. The molecule has 0 aromatic heterocycles. The van der Waals surface area contributed by atoms with Gasteiger partial charge in [-0.25, -0.2) is 0 Å². The number of benzene rings is 1. The van der Waals surface area contributed by atoms with Crippen LogP contribution < -0.4 is 15.4 Å². The quantitative estimate of drug-likeness (QED) is 0.847. The highest BCUT2D eigenvalue weighted by Gasteiger charge is 2.26. The monoisotopic (exact) mass is 220 g/mol. The van der Waals surface area contributed by atoms with Gasteiger partial charge in [0.15, 0.2) is 0 Å². The fraction of sp³-hybridized carbons (Fsp3) is 0.538. The van der Waals surface area contributed by atoms with Crippen molar-refractivity contribution >= 4 is 5.69 Å². The van der Waals surface area contributed by atoms with E-state index in [0.717, 1.165) is 24.3 Å². The van der Waals surface area contributed by atoms with Gasteiger partial charge in [-0.2, -0.15) is 0 Å². The second-order valence-corrected chi connectivity index (χ2v) is 4.51. The molecule has 0 saturated heterocycles. The van der Waals surface area contributed by atoms with Crippen molar-refractivity contribution in [3.05, 3.63) is 24.3 Å². The average Bonchev–Trinajstić information content (AvgIpc) is 2.75. The zero-order valence-electron chi connectivity index (χ0n) is 10.0. The fourth-order valence-corrected chi connectivity index (χ4v) is 2.46. The summed E-state index contributed by atoms with van der Waals surface area (Å²) in [5, 5.41) is 0. The smallest absolute Gasteiger partial charge is 0.142 e. The van der Waals surface area contributed by atoms with E-state index >= 15 is 0 Å². The normalized spacial score (nSPS) is 24.4. The van der Waals surface area contributed by atoms with Crippen LogP contribution in [0.25, 0.3) is 0 Å². The van der Waals surface area contributed by atoms with Crippen molar-refractivity contribution in [2.45, 2.75) is 31.3 Å². The van der Waals surface area contributed by atoms with Crippen molar-refractivity contribution in [1.82, 2.24) is 0 Å². The molecule has 0 amide bonds. The maximum Gasteiger partial charge on any atom is 0.142 e. The lowest BCUT2D eigenvalue weighted by molar-refractivity contribution is 0.413. The summed E-state index contributed by atoms with van der Waals surface area (Å²) in [5.41, 5.74) is 7.11. The Morgan fingerprint density at radius 2 is 2.06 bits per heavy atom. The zero-order chi connectivity index (χ0) is 11.5. The van der Waals surface area contributed by atoms with Crippen LogP contribution in [0.1, 0.15) is 19.3 Å².